The summed E-state index contributed by atoms with van der Waals surface area (Å²) in [5.41, 5.74) is -0.561. The summed E-state index contributed by atoms with van der Waals surface area (Å²) in [6, 6.07) is 2.53. The zero-order valence-electron chi connectivity index (χ0n) is 5.62. The summed E-state index contributed by atoms with van der Waals surface area (Å²) in [5, 5.41) is 0. The average Bonchev–Trinajstić information content (AvgIpc) is 1.96. The minimum atomic E-state index is -2.77. The third kappa shape index (κ3) is 2.12. The van der Waals surface area contributed by atoms with Crippen molar-refractivity contribution >= 4 is 38.5 Å². The van der Waals surface area contributed by atoms with E-state index >= 15 is 0 Å². The molecule has 0 nitrogen and oxygen atoms in total. The van der Waals surface area contributed by atoms with Gasteiger partial charge < -0.3 is 0 Å². The lowest BCUT2D eigenvalue weighted by atomic mass is 10.2. The Morgan fingerprint density at radius 3 is 2.42 bits per heavy atom. The minimum absolute atomic E-state index is 0.192. The van der Waals surface area contributed by atoms with Crippen molar-refractivity contribution in [2.75, 3.05) is 0 Å². The Morgan fingerprint density at radius 2 is 1.92 bits per heavy atom. The van der Waals surface area contributed by atoms with E-state index in [1.807, 2.05) is 0 Å². The Kier molecular flexibility index (Phi) is 3.39. The SMILES string of the molecule is Fc1c(I)cc(Br)cc1C(F)F. The first-order valence-electron chi connectivity index (χ1n) is 2.95. The highest BCUT2D eigenvalue weighted by Gasteiger charge is 2.16. The van der Waals surface area contributed by atoms with Crippen LogP contribution in [-0.4, -0.2) is 0 Å². The topological polar surface area (TPSA) is 0 Å². The molecule has 0 amide bonds. The third-order valence-corrected chi connectivity index (χ3v) is 2.50. The zero-order chi connectivity index (χ0) is 9.30. The van der Waals surface area contributed by atoms with Crippen molar-refractivity contribution in [3.63, 3.8) is 0 Å². The van der Waals surface area contributed by atoms with E-state index in [9.17, 15) is 13.2 Å². The molecule has 0 aliphatic carbocycles. The molecule has 0 heterocycles. The molecule has 0 atom stereocenters. The lowest BCUT2D eigenvalue weighted by molar-refractivity contribution is 0.146. The predicted molar refractivity (Wildman–Crippen MR) is 51.8 cm³/mol. The van der Waals surface area contributed by atoms with E-state index in [0.717, 1.165) is 6.07 Å². The van der Waals surface area contributed by atoms with E-state index in [4.69, 9.17) is 0 Å². The van der Waals surface area contributed by atoms with E-state index in [1.54, 1.807) is 22.6 Å². The minimum Gasteiger partial charge on any atom is -0.205 e. The number of halogens is 5. The fourth-order valence-corrected chi connectivity index (χ4v) is 2.29. The van der Waals surface area contributed by atoms with Crippen LogP contribution in [0.4, 0.5) is 13.2 Å². The lowest BCUT2D eigenvalue weighted by Crippen LogP contribution is -1.93. The predicted octanol–water partition coefficient (Wildman–Crippen LogP) is 4.13. The van der Waals surface area contributed by atoms with Crippen LogP contribution in [-0.2, 0) is 0 Å². The number of alkyl halides is 2. The average molecular weight is 351 g/mol. The number of hydrogen-bond acceptors (Lipinski definition) is 0. The van der Waals surface area contributed by atoms with Crippen molar-refractivity contribution in [3.8, 4) is 0 Å². The molecule has 0 saturated heterocycles. The van der Waals surface area contributed by atoms with E-state index in [-0.39, 0.29) is 3.57 Å². The van der Waals surface area contributed by atoms with Crippen LogP contribution in [0.1, 0.15) is 12.0 Å². The van der Waals surface area contributed by atoms with Gasteiger partial charge in [-0.1, -0.05) is 15.9 Å². The van der Waals surface area contributed by atoms with Gasteiger partial charge in [-0.2, -0.15) is 0 Å². The smallest absolute Gasteiger partial charge is 0.205 e. The second-order valence-electron chi connectivity index (χ2n) is 2.09. The Morgan fingerprint density at radius 1 is 1.33 bits per heavy atom. The van der Waals surface area contributed by atoms with Gasteiger partial charge in [-0.25, -0.2) is 13.2 Å². The fraction of sp³-hybridized carbons (Fsp3) is 0.143. The van der Waals surface area contributed by atoms with Crippen LogP contribution < -0.4 is 0 Å². The Bertz CT molecular complexity index is 301. The molecule has 0 saturated carbocycles. The normalized spacial score (nSPS) is 10.8. The van der Waals surface area contributed by atoms with Crippen LogP contribution in [0.2, 0.25) is 0 Å². The van der Waals surface area contributed by atoms with Crippen molar-refractivity contribution < 1.29 is 13.2 Å². The highest BCUT2D eigenvalue weighted by Crippen LogP contribution is 2.28. The van der Waals surface area contributed by atoms with Gasteiger partial charge in [0.2, 0.25) is 0 Å². The molecule has 5 heteroatoms. The monoisotopic (exact) mass is 350 g/mol. The van der Waals surface area contributed by atoms with E-state index < -0.39 is 17.8 Å². The van der Waals surface area contributed by atoms with Gasteiger partial charge in [0.1, 0.15) is 5.82 Å². The van der Waals surface area contributed by atoms with Gasteiger partial charge in [-0.05, 0) is 34.7 Å². The molecule has 0 aromatic heterocycles. The van der Waals surface area contributed by atoms with Crippen molar-refractivity contribution in [2.45, 2.75) is 6.43 Å². The Balaban J connectivity index is 3.28. The molecular formula is C7H3BrF3I. The molecule has 0 bridgehead atoms. The quantitative estimate of drug-likeness (QED) is 0.527. The van der Waals surface area contributed by atoms with Crippen molar-refractivity contribution in [2.24, 2.45) is 0 Å². The zero-order valence-corrected chi connectivity index (χ0v) is 9.37. The molecule has 0 unspecified atom stereocenters. The van der Waals surface area contributed by atoms with E-state index in [1.165, 1.54) is 6.07 Å². The van der Waals surface area contributed by atoms with Crippen molar-refractivity contribution in [1.29, 1.82) is 0 Å². The van der Waals surface area contributed by atoms with Gasteiger partial charge in [0.25, 0.3) is 6.43 Å². The van der Waals surface area contributed by atoms with Crippen LogP contribution >= 0.6 is 38.5 Å². The maximum Gasteiger partial charge on any atom is 0.266 e. The van der Waals surface area contributed by atoms with Crippen molar-refractivity contribution in [1.82, 2.24) is 0 Å². The molecular weight excluding hydrogens is 348 g/mol. The first-order valence-corrected chi connectivity index (χ1v) is 4.82. The summed E-state index contributed by atoms with van der Waals surface area (Å²) in [6.45, 7) is 0. The molecule has 0 N–H and O–H groups in total. The molecule has 66 valence electrons. The highest BCUT2D eigenvalue weighted by molar-refractivity contribution is 14.1. The summed E-state index contributed by atoms with van der Waals surface area (Å²) in [5.74, 6) is -0.839. The van der Waals surface area contributed by atoms with Gasteiger partial charge >= 0.3 is 0 Å². The van der Waals surface area contributed by atoms with Gasteiger partial charge in [0.15, 0.2) is 0 Å². The number of benzene rings is 1. The van der Waals surface area contributed by atoms with Crippen LogP contribution in [0.25, 0.3) is 0 Å². The molecule has 0 fully saturated rings. The molecule has 1 rings (SSSR count). The molecule has 1 aromatic rings. The van der Waals surface area contributed by atoms with Gasteiger partial charge in [0, 0.05) is 4.47 Å². The van der Waals surface area contributed by atoms with Gasteiger partial charge in [-0.15, -0.1) is 0 Å². The largest absolute Gasteiger partial charge is 0.266 e. The highest BCUT2D eigenvalue weighted by atomic mass is 127. The fourth-order valence-electron chi connectivity index (χ4n) is 0.735. The molecule has 12 heavy (non-hydrogen) atoms. The first kappa shape index (κ1) is 10.3. The second-order valence-corrected chi connectivity index (χ2v) is 4.17. The third-order valence-electron chi connectivity index (χ3n) is 1.26. The molecule has 0 aliphatic rings. The molecule has 0 radical (unpaired) electrons. The second kappa shape index (κ2) is 3.95. The standard InChI is InChI=1S/C7H3BrF3I/c8-3-1-4(7(10)11)6(9)5(12)2-3/h1-2,7H. The summed E-state index contributed by atoms with van der Waals surface area (Å²) in [4.78, 5) is 0. The first-order chi connectivity index (χ1) is 5.52. The van der Waals surface area contributed by atoms with Crippen LogP contribution in [0, 0.1) is 9.39 Å². The molecule has 1 aromatic carbocycles. The van der Waals surface area contributed by atoms with E-state index in [0.29, 0.717) is 4.47 Å². The molecule has 0 spiro atoms. The van der Waals surface area contributed by atoms with Crippen LogP contribution in [0.15, 0.2) is 16.6 Å². The molecule has 0 aliphatic heterocycles. The summed E-state index contributed by atoms with van der Waals surface area (Å²) in [6.07, 6.45) is -2.77. The lowest BCUT2D eigenvalue weighted by Gasteiger charge is -2.03. The van der Waals surface area contributed by atoms with Crippen LogP contribution in [0.3, 0.4) is 0 Å². The maximum absolute atomic E-state index is 12.9. The van der Waals surface area contributed by atoms with Crippen molar-refractivity contribution in [3.05, 3.63) is 31.6 Å². The van der Waals surface area contributed by atoms with Gasteiger partial charge in [-0.3, -0.25) is 0 Å². The maximum atomic E-state index is 12.9. The van der Waals surface area contributed by atoms with E-state index in [2.05, 4.69) is 15.9 Å². The van der Waals surface area contributed by atoms with Crippen LogP contribution in [0.5, 0.6) is 0 Å². The number of rotatable bonds is 1. The summed E-state index contributed by atoms with van der Waals surface area (Å²) < 4.78 is 37.8. The number of hydrogen-bond donors (Lipinski definition) is 0. The Labute approximate surface area is 89.4 Å². The van der Waals surface area contributed by atoms with Gasteiger partial charge in [0.05, 0.1) is 9.13 Å². The summed E-state index contributed by atoms with van der Waals surface area (Å²) in [7, 11) is 0. The summed E-state index contributed by atoms with van der Waals surface area (Å²) >= 11 is 4.68. The Hall–Kier alpha value is 0.220.